The predicted molar refractivity (Wildman–Crippen MR) is 313 cm³/mol. The Kier molecular flexibility index (Phi) is 21.3. The zero-order chi connectivity index (χ0) is 61.4. The van der Waals surface area contributed by atoms with Crippen molar-refractivity contribution in [3.8, 4) is 5.75 Å². The Morgan fingerprint density at radius 3 is 1.33 bits per heavy atom. The van der Waals surface area contributed by atoms with E-state index in [4.69, 9.17) is 14.2 Å². The quantitative estimate of drug-likeness (QED) is 0.0469. The van der Waals surface area contributed by atoms with Crippen LogP contribution in [-0.4, -0.2) is 152 Å². The van der Waals surface area contributed by atoms with Crippen molar-refractivity contribution in [3.63, 3.8) is 0 Å². The summed E-state index contributed by atoms with van der Waals surface area (Å²) in [6.07, 6.45) is 12.5. The van der Waals surface area contributed by atoms with Gasteiger partial charge in [-0.25, -0.2) is 8.42 Å². The second kappa shape index (κ2) is 28.0. The lowest BCUT2D eigenvalue weighted by Gasteiger charge is -2.29. The van der Waals surface area contributed by atoms with Crippen LogP contribution in [0.5, 0.6) is 5.75 Å². The van der Waals surface area contributed by atoms with Crippen LogP contribution >= 0.6 is 0 Å². The monoisotopic (exact) mass is 1200 g/mol. The van der Waals surface area contributed by atoms with E-state index in [-0.39, 0.29) is 90.8 Å². The minimum absolute atomic E-state index is 0.0473. The molecular weight excluding hydrogens is 1110 g/mol. The molecule has 2 aliphatic heterocycles. The smallest absolute Gasteiger partial charge is 0.243 e. The lowest BCUT2D eigenvalue weighted by atomic mass is 9.79. The molecule has 21 nitrogen and oxygen atoms in total. The fraction of sp³-hybridized carbons (Fsp3) is 0.619. The van der Waals surface area contributed by atoms with E-state index >= 15 is 0 Å². The molecule has 8 N–H and O–H groups in total. The molecule has 6 aliphatic rings. The lowest BCUT2D eigenvalue weighted by Crippen LogP contribution is -2.57. The van der Waals surface area contributed by atoms with Gasteiger partial charge >= 0.3 is 0 Å². The van der Waals surface area contributed by atoms with Crippen LogP contribution in [0.25, 0.3) is 0 Å². The molecule has 0 spiro atoms. The van der Waals surface area contributed by atoms with Gasteiger partial charge in [0.2, 0.25) is 35.4 Å². The Balaban J connectivity index is 0.957. The summed E-state index contributed by atoms with van der Waals surface area (Å²) in [6.45, 7) is 6.77. The van der Waals surface area contributed by atoms with E-state index < -0.39 is 93.1 Å². The predicted octanol–water partition coefficient (Wildman–Crippen LogP) is 3.49. The fourth-order valence-corrected chi connectivity index (χ4v) is 12.8. The molecule has 464 valence electrons. The van der Waals surface area contributed by atoms with Crippen LogP contribution in [0.4, 0.5) is 0 Å². The maximum atomic E-state index is 14.5. The first-order valence-corrected chi connectivity index (χ1v) is 32.0. The number of ether oxygens (including phenoxy) is 3. The number of carbonyl (C=O) groups excluding carboxylic acids is 8. The number of benzene rings is 2. The molecule has 85 heavy (non-hydrogen) atoms. The largest absolute Gasteiger partial charge is 0.497 e. The SMILES string of the molecule is COc1ccc(CC(NC(=O)C(C)NC(=O)C2CCC(O)CC2)C(=O)NC(CC2=CC(C3C=C(CC(NC(=O)C(Cc4ccc(S(C)(=O)=O)cc4)NC(=O)C(C)NC(=O)C4CCC(O)CC4)C(=O)C4(C)CO4)CC3)CCC2)C(=O)C2(C)CO2)cc1. The van der Waals surface area contributed by atoms with Crippen LogP contribution in [0.2, 0.25) is 0 Å². The van der Waals surface area contributed by atoms with Crippen molar-refractivity contribution in [1.82, 2.24) is 31.9 Å². The topological polar surface area (TPSA) is 318 Å². The van der Waals surface area contributed by atoms with E-state index in [0.717, 1.165) is 36.7 Å². The zero-order valence-corrected chi connectivity index (χ0v) is 50.6. The summed E-state index contributed by atoms with van der Waals surface area (Å²) in [5.74, 6) is -3.74. The maximum absolute atomic E-state index is 14.5. The standard InChI is InChI=1S/C63H86N6O15S/c1-36(64-58(76)42-16-20-46(70)21-17-42)56(74)68-52(30-38-11-24-48(82-5)25-12-38)60(78)66-50(54(72)62(3)34-83-62)32-40-8-7-9-44(28-40)45-15-10-41(29-45)33-51(55(73)63(4)35-84-63)67-61(79)53(31-39-13-26-49(27-14-39)85(6,80)81)69-57(75)37(2)65-59(77)43-18-22-47(71)23-19-43/h11-14,24-29,36-37,42-47,50-53,70-71H,7-10,15-23,30-35H2,1-6H3,(H,64,76)(H,65,77)(H,66,78)(H,67,79)(H,68,74)(H,69,75). The highest BCUT2D eigenvalue weighted by atomic mass is 32.2. The molecule has 8 rings (SSSR count). The molecule has 4 fully saturated rings. The number of sulfone groups is 1. The molecule has 2 aromatic carbocycles. The van der Waals surface area contributed by atoms with Crippen LogP contribution in [0.3, 0.4) is 0 Å². The molecule has 0 aromatic heterocycles. The maximum Gasteiger partial charge on any atom is 0.243 e. The van der Waals surface area contributed by atoms with Crippen molar-refractivity contribution in [3.05, 3.63) is 83.0 Å². The van der Waals surface area contributed by atoms with E-state index in [2.05, 4.69) is 44.1 Å². The summed E-state index contributed by atoms with van der Waals surface area (Å²) < 4.78 is 41.1. The zero-order valence-electron chi connectivity index (χ0n) is 49.7. The number of nitrogens with one attached hydrogen (secondary N) is 6. The summed E-state index contributed by atoms with van der Waals surface area (Å²) in [5, 5.41) is 37.0. The van der Waals surface area contributed by atoms with Gasteiger partial charge in [0.1, 0.15) is 41.1 Å². The normalized spacial score (nSPS) is 27.6. The highest BCUT2D eigenvalue weighted by Gasteiger charge is 2.52. The number of Topliss-reactive ketones (excluding diaryl/α,β-unsaturated/α-hetero) is 2. The van der Waals surface area contributed by atoms with Gasteiger partial charge in [-0.2, -0.15) is 0 Å². The van der Waals surface area contributed by atoms with E-state index in [9.17, 15) is 57.0 Å². The van der Waals surface area contributed by atoms with E-state index in [1.165, 1.54) is 19.1 Å². The molecule has 4 aliphatic carbocycles. The number of hydrogen-bond acceptors (Lipinski definition) is 15. The number of methoxy groups -OCH3 is 1. The molecule has 0 bridgehead atoms. The molecule has 2 heterocycles. The Morgan fingerprint density at radius 2 is 0.929 bits per heavy atom. The van der Waals surface area contributed by atoms with Gasteiger partial charge < -0.3 is 56.3 Å². The van der Waals surface area contributed by atoms with Gasteiger partial charge in [0.25, 0.3) is 0 Å². The van der Waals surface area contributed by atoms with E-state index in [1.54, 1.807) is 64.3 Å². The summed E-state index contributed by atoms with van der Waals surface area (Å²) in [7, 11) is -1.99. The van der Waals surface area contributed by atoms with Crippen LogP contribution in [0.1, 0.15) is 135 Å². The number of aliphatic hydroxyl groups is 2. The van der Waals surface area contributed by atoms with Gasteiger partial charge in [-0.1, -0.05) is 47.6 Å². The summed E-state index contributed by atoms with van der Waals surface area (Å²) in [6, 6.07) is 6.52. The first kappa shape index (κ1) is 64.7. The third-order valence-electron chi connectivity index (χ3n) is 18.0. The number of aliphatic hydroxyl groups excluding tert-OH is 2. The van der Waals surface area contributed by atoms with Crippen molar-refractivity contribution in [2.75, 3.05) is 26.6 Å². The van der Waals surface area contributed by atoms with Crippen molar-refractivity contribution in [2.45, 2.75) is 201 Å². The molecule has 10 atom stereocenters. The Bertz CT molecular complexity index is 2960. The third-order valence-corrected chi connectivity index (χ3v) is 19.1. The van der Waals surface area contributed by atoms with Crippen molar-refractivity contribution < 1.29 is 71.2 Å². The first-order valence-electron chi connectivity index (χ1n) is 30.2. The molecule has 0 radical (unpaired) electrons. The molecule has 22 heteroatoms. The van der Waals surface area contributed by atoms with Gasteiger partial charge in [-0.3, -0.25) is 38.4 Å². The van der Waals surface area contributed by atoms with Crippen LogP contribution < -0.4 is 36.6 Å². The van der Waals surface area contributed by atoms with Gasteiger partial charge in [0, 0.05) is 30.9 Å². The first-order chi connectivity index (χ1) is 40.3. The number of allylic oxidation sites excluding steroid dienone is 2. The van der Waals surface area contributed by atoms with Crippen LogP contribution in [-0.2, 0) is 70.5 Å². The van der Waals surface area contributed by atoms with Crippen LogP contribution in [0, 0.1) is 23.7 Å². The average Bonchev–Trinajstić information content (AvgIpc) is 4.38. The second-order valence-corrected chi connectivity index (χ2v) is 27.0. The number of ketones is 2. The number of rotatable bonds is 27. The number of epoxide rings is 2. The van der Waals surface area contributed by atoms with Gasteiger partial charge in [-0.05, 0) is 171 Å². The highest BCUT2D eigenvalue weighted by Crippen LogP contribution is 2.41. The summed E-state index contributed by atoms with van der Waals surface area (Å²) in [5.41, 5.74) is 0.940. The molecule has 6 amide bonds. The minimum Gasteiger partial charge on any atom is -0.497 e. The van der Waals surface area contributed by atoms with Crippen molar-refractivity contribution in [1.29, 1.82) is 0 Å². The summed E-state index contributed by atoms with van der Waals surface area (Å²) in [4.78, 5) is 112. The summed E-state index contributed by atoms with van der Waals surface area (Å²) >= 11 is 0. The Labute approximate surface area is 498 Å². The van der Waals surface area contributed by atoms with E-state index in [0.29, 0.717) is 81.1 Å². The fourth-order valence-electron chi connectivity index (χ4n) is 12.2. The second-order valence-electron chi connectivity index (χ2n) is 25.0. The van der Waals surface area contributed by atoms with Gasteiger partial charge in [0.05, 0.1) is 49.5 Å². The average molecular weight is 1200 g/mol. The van der Waals surface area contributed by atoms with Crippen LogP contribution in [0.15, 0.2) is 76.7 Å². The Hall–Kier alpha value is -6.33. The number of hydrogen-bond donors (Lipinski definition) is 8. The molecule has 2 saturated carbocycles. The van der Waals surface area contributed by atoms with E-state index in [1.807, 2.05) is 0 Å². The number of amides is 6. The molecule has 2 aromatic rings. The highest BCUT2D eigenvalue weighted by molar-refractivity contribution is 7.90. The lowest BCUT2D eigenvalue weighted by molar-refractivity contribution is -0.134. The molecule has 10 unspecified atom stereocenters. The van der Waals surface area contributed by atoms with Gasteiger partial charge in [0.15, 0.2) is 21.4 Å². The van der Waals surface area contributed by atoms with Gasteiger partial charge in [-0.15, -0.1) is 0 Å². The Morgan fingerprint density at radius 1 is 0.541 bits per heavy atom. The third kappa shape index (κ3) is 17.7. The minimum atomic E-state index is -3.53. The number of carbonyl (C=O) groups is 8. The van der Waals surface area contributed by atoms with Crippen molar-refractivity contribution >= 4 is 56.8 Å². The molecule has 2 saturated heterocycles. The van der Waals surface area contributed by atoms with Crippen molar-refractivity contribution in [2.24, 2.45) is 23.7 Å². The molecular formula is C63H86N6O15S.